The molecule has 1 aromatic carbocycles. The number of carbonyl (C=O) groups is 2. The van der Waals surface area contributed by atoms with Gasteiger partial charge in [0.1, 0.15) is 0 Å². The predicted octanol–water partition coefficient (Wildman–Crippen LogP) is 2.24. The molecule has 0 aromatic heterocycles. The van der Waals surface area contributed by atoms with E-state index in [9.17, 15) is 9.59 Å². The second kappa shape index (κ2) is 13.9. The lowest BCUT2D eigenvalue weighted by Crippen LogP contribution is -2.51. The highest BCUT2D eigenvalue weighted by Crippen LogP contribution is 2.24. The molecule has 2 heterocycles. The second-order valence-corrected chi connectivity index (χ2v) is 8.01. The Morgan fingerprint density at radius 2 is 1.73 bits per heavy atom. The first-order chi connectivity index (χ1) is 13.7. The van der Waals surface area contributed by atoms with Crippen molar-refractivity contribution >= 4 is 36.6 Å². The lowest BCUT2D eigenvalue weighted by molar-refractivity contribution is -0.132. The number of nitrogens with zero attached hydrogens (tertiary/aromatic N) is 2. The van der Waals surface area contributed by atoms with E-state index in [4.69, 9.17) is 5.73 Å². The Hall–Kier alpha value is -1.34. The number of amides is 2. The van der Waals surface area contributed by atoms with Crippen molar-refractivity contribution in [3.05, 3.63) is 35.9 Å². The van der Waals surface area contributed by atoms with Gasteiger partial charge in [-0.15, -0.1) is 24.8 Å². The number of rotatable bonds is 7. The topological polar surface area (TPSA) is 78.7 Å². The summed E-state index contributed by atoms with van der Waals surface area (Å²) < 4.78 is 0. The van der Waals surface area contributed by atoms with Crippen molar-refractivity contribution in [1.29, 1.82) is 0 Å². The Labute approximate surface area is 192 Å². The molecule has 0 spiro atoms. The average molecular weight is 459 g/mol. The summed E-state index contributed by atoms with van der Waals surface area (Å²) in [6.07, 6.45) is 5.36. The molecule has 3 N–H and O–H groups in total. The van der Waals surface area contributed by atoms with Crippen molar-refractivity contribution in [2.75, 3.05) is 39.3 Å². The largest absolute Gasteiger partial charge is 0.355 e. The molecular formula is C22H36Cl2N4O2. The molecule has 3 rings (SSSR count). The summed E-state index contributed by atoms with van der Waals surface area (Å²) >= 11 is 0. The van der Waals surface area contributed by atoms with Gasteiger partial charge in [0.15, 0.2) is 0 Å². The van der Waals surface area contributed by atoms with Crippen LogP contribution in [-0.2, 0) is 16.0 Å². The molecule has 2 fully saturated rings. The Balaban J connectivity index is 0.00000225. The van der Waals surface area contributed by atoms with Crippen LogP contribution in [-0.4, -0.2) is 66.9 Å². The van der Waals surface area contributed by atoms with Crippen molar-refractivity contribution < 1.29 is 9.59 Å². The first-order valence-corrected chi connectivity index (χ1v) is 10.7. The zero-order valence-electron chi connectivity index (χ0n) is 17.6. The SMILES string of the molecule is Cl.Cl.NCCC(=O)N1CCC(N2CCCC(C(=O)NCCc3ccccc3)C2)CC1. The Bertz CT molecular complexity index is 639. The van der Waals surface area contributed by atoms with Crippen molar-refractivity contribution in [3.8, 4) is 0 Å². The van der Waals surface area contributed by atoms with Crippen molar-refractivity contribution in [2.45, 2.75) is 44.6 Å². The highest BCUT2D eigenvalue weighted by molar-refractivity contribution is 5.85. The summed E-state index contributed by atoms with van der Waals surface area (Å²) in [6, 6.07) is 10.8. The van der Waals surface area contributed by atoms with Gasteiger partial charge in [0, 0.05) is 45.2 Å². The summed E-state index contributed by atoms with van der Waals surface area (Å²) in [5.74, 6) is 0.452. The van der Waals surface area contributed by atoms with Crippen LogP contribution in [0.1, 0.15) is 37.7 Å². The third kappa shape index (κ3) is 7.73. The Morgan fingerprint density at radius 3 is 2.40 bits per heavy atom. The van der Waals surface area contributed by atoms with Crippen LogP contribution < -0.4 is 11.1 Å². The number of piperidine rings is 2. The maximum absolute atomic E-state index is 12.6. The molecule has 30 heavy (non-hydrogen) atoms. The zero-order chi connectivity index (χ0) is 19.8. The number of likely N-dealkylation sites (tertiary alicyclic amines) is 2. The molecule has 170 valence electrons. The molecule has 1 atom stereocenters. The number of halogens is 2. The minimum absolute atomic E-state index is 0. The predicted molar refractivity (Wildman–Crippen MR) is 125 cm³/mol. The Kier molecular flexibility index (Phi) is 12.3. The van der Waals surface area contributed by atoms with E-state index in [1.807, 2.05) is 23.1 Å². The van der Waals surface area contributed by atoms with Crippen LogP contribution in [0.4, 0.5) is 0 Å². The number of hydrogen-bond donors (Lipinski definition) is 2. The molecule has 0 aliphatic carbocycles. The first-order valence-electron chi connectivity index (χ1n) is 10.7. The van der Waals surface area contributed by atoms with Gasteiger partial charge >= 0.3 is 0 Å². The third-order valence-corrected chi connectivity index (χ3v) is 6.07. The molecule has 1 unspecified atom stereocenters. The molecule has 0 bridgehead atoms. The van der Waals surface area contributed by atoms with Crippen LogP contribution in [0.25, 0.3) is 0 Å². The summed E-state index contributed by atoms with van der Waals surface area (Å²) in [7, 11) is 0. The molecule has 2 amide bonds. The smallest absolute Gasteiger partial charge is 0.224 e. The van der Waals surface area contributed by atoms with Gasteiger partial charge in [-0.2, -0.15) is 0 Å². The van der Waals surface area contributed by atoms with Gasteiger partial charge in [0.05, 0.1) is 5.92 Å². The standard InChI is InChI=1S/C22H34N4O2.2ClH/c23-12-8-21(27)25-15-10-20(11-16-25)26-14-4-7-19(17-26)22(28)24-13-9-18-5-2-1-3-6-18;;/h1-3,5-6,19-20H,4,7-17,23H2,(H,24,28);2*1H. The molecule has 0 saturated carbocycles. The fourth-order valence-electron chi connectivity index (χ4n) is 4.43. The number of carbonyl (C=O) groups excluding carboxylic acids is 2. The van der Waals surface area contributed by atoms with Crippen LogP contribution in [0.2, 0.25) is 0 Å². The summed E-state index contributed by atoms with van der Waals surface area (Å²) in [5.41, 5.74) is 6.75. The van der Waals surface area contributed by atoms with Gasteiger partial charge < -0.3 is 16.0 Å². The maximum atomic E-state index is 12.6. The fourth-order valence-corrected chi connectivity index (χ4v) is 4.43. The van der Waals surface area contributed by atoms with Crippen molar-refractivity contribution in [1.82, 2.24) is 15.1 Å². The van der Waals surface area contributed by atoms with Gasteiger partial charge in [-0.1, -0.05) is 30.3 Å². The summed E-state index contributed by atoms with van der Waals surface area (Å²) in [4.78, 5) is 29.1. The van der Waals surface area contributed by atoms with E-state index >= 15 is 0 Å². The number of nitrogens with one attached hydrogen (secondary N) is 1. The third-order valence-electron chi connectivity index (χ3n) is 6.07. The zero-order valence-corrected chi connectivity index (χ0v) is 19.3. The highest BCUT2D eigenvalue weighted by Gasteiger charge is 2.32. The van der Waals surface area contributed by atoms with Crippen molar-refractivity contribution in [2.24, 2.45) is 11.7 Å². The molecule has 0 radical (unpaired) electrons. The van der Waals surface area contributed by atoms with Crippen LogP contribution in [0.5, 0.6) is 0 Å². The van der Waals surface area contributed by atoms with Crippen molar-refractivity contribution in [3.63, 3.8) is 0 Å². The molecule has 2 aliphatic rings. The van der Waals surface area contributed by atoms with E-state index < -0.39 is 0 Å². The maximum Gasteiger partial charge on any atom is 0.224 e. The first kappa shape index (κ1) is 26.7. The quantitative estimate of drug-likeness (QED) is 0.656. The minimum atomic E-state index is 0. The number of benzene rings is 1. The fraction of sp³-hybridized carbons (Fsp3) is 0.636. The monoisotopic (exact) mass is 458 g/mol. The van der Waals surface area contributed by atoms with E-state index in [0.29, 0.717) is 25.6 Å². The van der Waals surface area contributed by atoms with E-state index in [2.05, 4.69) is 22.3 Å². The average Bonchev–Trinajstić information content (AvgIpc) is 2.75. The van der Waals surface area contributed by atoms with Crippen LogP contribution in [0, 0.1) is 5.92 Å². The van der Waals surface area contributed by atoms with Gasteiger partial charge in [0.25, 0.3) is 0 Å². The highest BCUT2D eigenvalue weighted by atomic mass is 35.5. The van der Waals surface area contributed by atoms with E-state index in [0.717, 1.165) is 58.3 Å². The number of nitrogens with two attached hydrogens (primary N) is 1. The van der Waals surface area contributed by atoms with Crippen LogP contribution in [0.3, 0.4) is 0 Å². The molecule has 8 heteroatoms. The lowest BCUT2D eigenvalue weighted by atomic mass is 9.93. The minimum Gasteiger partial charge on any atom is -0.355 e. The lowest BCUT2D eigenvalue weighted by Gasteiger charge is -2.42. The van der Waals surface area contributed by atoms with Crippen LogP contribution in [0.15, 0.2) is 30.3 Å². The molecule has 2 saturated heterocycles. The summed E-state index contributed by atoms with van der Waals surface area (Å²) in [5, 5.41) is 3.13. The van der Waals surface area contributed by atoms with E-state index in [1.165, 1.54) is 5.56 Å². The summed E-state index contributed by atoms with van der Waals surface area (Å²) in [6.45, 7) is 4.66. The van der Waals surface area contributed by atoms with Gasteiger partial charge in [0.2, 0.25) is 11.8 Å². The Morgan fingerprint density at radius 1 is 1.03 bits per heavy atom. The normalized spacial score (nSPS) is 20.0. The van der Waals surface area contributed by atoms with Gasteiger partial charge in [-0.3, -0.25) is 14.5 Å². The van der Waals surface area contributed by atoms with Gasteiger partial charge in [-0.05, 0) is 44.2 Å². The molecule has 1 aromatic rings. The molecule has 6 nitrogen and oxygen atoms in total. The van der Waals surface area contributed by atoms with E-state index in [1.54, 1.807) is 0 Å². The molecule has 2 aliphatic heterocycles. The van der Waals surface area contributed by atoms with Gasteiger partial charge in [-0.25, -0.2) is 0 Å². The number of hydrogen-bond acceptors (Lipinski definition) is 4. The van der Waals surface area contributed by atoms with Crippen LogP contribution >= 0.6 is 24.8 Å². The van der Waals surface area contributed by atoms with E-state index in [-0.39, 0.29) is 42.5 Å². The molecular weight excluding hydrogens is 423 g/mol. The second-order valence-electron chi connectivity index (χ2n) is 8.01.